The van der Waals surface area contributed by atoms with Crippen LogP contribution in [-0.2, 0) is 6.54 Å². The van der Waals surface area contributed by atoms with Crippen LogP contribution >= 0.6 is 0 Å². The third-order valence-electron chi connectivity index (χ3n) is 2.24. The molecular formula is C9H13N3O. The fraction of sp³-hybridized carbons (Fsp3) is 0.556. The number of likely N-dealkylation sites (tertiary alicyclic amines) is 1. The SMILES string of the molecule is Cc1ncc(CN2CCCC2=N)o1. The molecule has 13 heavy (non-hydrogen) atoms. The van der Waals surface area contributed by atoms with Crippen molar-refractivity contribution in [2.24, 2.45) is 0 Å². The largest absolute Gasteiger partial charge is 0.444 e. The molecule has 0 atom stereocenters. The van der Waals surface area contributed by atoms with Crippen LogP contribution < -0.4 is 0 Å². The topological polar surface area (TPSA) is 53.1 Å². The molecule has 0 aliphatic carbocycles. The molecule has 0 saturated carbocycles. The van der Waals surface area contributed by atoms with Crippen molar-refractivity contribution in [3.05, 3.63) is 17.8 Å². The van der Waals surface area contributed by atoms with Crippen molar-refractivity contribution in [2.75, 3.05) is 6.54 Å². The van der Waals surface area contributed by atoms with Gasteiger partial charge in [-0.2, -0.15) is 0 Å². The van der Waals surface area contributed by atoms with E-state index in [2.05, 4.69) is 4.98 Å². The van der Waals surface area contributed by atoms with E-state index in [1.165, 1.54) is 0 Å². The number of nitrogens with one attached hydrogen (secondary N) is 1. The molecule has 70 valence electrons. The zero-order chi connectivity index (χ0) is 9.26. The van der Waals surface area contributed by atoms with Crippen LogP contribution in [0, 0.1) is 12.3 Å². The van der Waals surface area contributed by atoms with Gasteiger partial charge in [-0.3, -0.25) is 5.41 Å². The van der Waals surface area contributed by atoms with E-state index in [1.807, 2.05) is 11.8 Å². The van der Waals surface area contributed by atoms with Crippen LogP contribution in [0.25, 0.3) is 0 Å². The third-order valence-corrected chi connectivity index (χ3v) is 2.24. The standard InChI is InChI=1S/C9H13N3O/c1-7-11-5-8(13-7)6-12-4-2-3-9(12)10/h5,10H,2-4,6H2,1H3. The molecular weight excluding hydrogens is 166 g/mol. The maximum absolute atomic E-state index is 7.63. The second-order valence-corrected chi connectivity index (χ2v) is 3.32. The highest BCUT2D eigenvalue weighted by Crippen LogP contribution is 2.14. The Labute approximate surface area is 77.1 Å². The highest BCUT2D eigenvalue weighted by molar-refractivity contribution is 5.80. The molecule has 0 aromatic carbocycles. The van der Waals surface area contributed by atoms with Crippen molar-refractivity contribution in [1.82, 2.24) is 9.88 Å². The van der Waals surface area contributed by atoms with Gasteiger partial charge in [0.1, 0.15) is 5.76 Å². The van der Waals surface area contributed by atoms with Gasteiger partial charge in [0.25, 0.3) is 0 Å². The number of hydrogen-bond donors (Lipinski definition) is 1. The third kappa shape index (κ3) is 1.71. The molecule has 0 unspecified atom stereocenters. The normalized spacial score (nSPS) is 17.0. The second kappa shape index (κ2) is 3.20. The minimum absolute atomic E-state index is 0.694. The lowest BCUT2D eigenvalue weighted by Crippen LogP contribution is -2.22. The van der Waals surface area contributed by atoms with Crippen LogP contribution in [0.3, 0.4) is 0 Å². The monoisotopic (exact) mass is 179 g/mol. The van der Waals surface area contributed by atoms with Gasteiger partial charge < -0.3 is 9.32 Å². The van der Waals surface area contributed by atoms with Gasteiger partial charge in [0, 0.05) is 19.9 Å². The molecule has 2 rings (SSSR count). The maximum Gasteiger partial charge on any atom is 0.191 e. The summed E-state index contributed by atoms with van der Waals surface area (Å²) in [7, 11) is 0. The predicted molar refractivity (Wildman–Crippen MR) is 48.6 cm³/mol. The van der Waals surface area contributed by atoms with Crippen molar-refractivity contribution in [2.45, 2.75) is 26.3 Å². The average Bonchev–Trinajstić information content (AvgIpc) is 2.64. The Morgan fingerprint density at radius 2 is 2.54 bits per heavy atom. The van der Waals surface area contributed by atoms with Crippen LogP contribution in [-0.4, -0.2) is 22.3 Å². The summed E-state index contributed by atoms with van der Waals surface area (Å²) in [6, 6.07) is 0. The van der Waals surface area contributed by atoms with Gasteiger partial charge in [-0.1, -0.05) is 0 Å². The first-order valence-corrected chi connectivity index (χ1v) is 4.49. The lowest BCUT2D eigenvalue weighted by Gasteiger charge is -2.14. The highest BCUT2D eigenvalue weighted by Gasteiger charge is 2.17. The number of nitrogens with zero attached hydrogens (tertiary/aromatic N) is 2. The highest BCUT2D eigenvalue weighted by atomic mass is 16.4. The number of aryl methyl sites for hydroxylation is 1. The summed E-state index contributed by atoms with van der Waals surface area (Å²) in [5.41, 5.74) is 0. The molecule has 0 spiro atoms. The molecule has 1 aromatic rings. The van der Waals surface area contributed by atoms with Gasteiger partial charge in [0.15, 0.2) is 5.89 Å². The summed E-state index contributed by atoms with van der Waals surface area (Å²) >= 11 is 0. The Morgan fingerprint density at radius 3 is 3.08 bits per heavy atom. The van der Waals surface area contributed by atoms with E-state index in [0.29, 0.717) is 18.3 Å². The summed E-state index contributed by atoms with van der Waals surface area (Å²) < 4.78 is 5.34. The smallest absolute Gasteiger partial charge is 0.191 e. The van der Waals surface area contributed by atoms with Crippen LogP contribution in [0.5, 0.6) is 0 Å². The Morgan fingerprint density at radius 1 is 1.69 bits per heavy atom. The fourth-order valence-electron chi connectivity index (χ4n) is 1.57. The molecule has 1 fully saturated rings. The van der Waals surface area contributed by atoms with Crippen molar-refractivity contribution < 1.29 is 4.42 Å². The molecule has 1 aromatic heterocycles. The van der Waals surface area contributed by atoms with E-state index in [9.17, 15) is 0 Å². The Balaban J connectivity index is 2.01. The fourth-order valence-corrected chi connectivity index (χ4v) is 1.57. The van der Waals surface area contributed by atoms with Crippen molar-refractivity contribution in [3.8, 4) is 0 Å². The van der Waals surface area contributed by atoms with Gasteiger partial charge in [-0.05, 0) is 6.42 Å². The van der Waals surface area contributed by atoms with Crippen LogP contribution in [0.2, 0.25) is 0 Å². The molecule has 4 heteroatoms. The first-order chi connectivity index (χ1) is 6.25. The number of aromatic nitrogens is 1. The van der Waals surface area contributed by atoms with E-state index in [1.54, 1.807) is 6.20 Å². The van der Waals surface area contributed by atoms with Crippen LogP contribution in [0.15, 0.2) is 10.6 Å². The first kappa shape index (κ1) is 8.29. The van der Waals surface area contributed by atoms with E-state index < -0.39 is 0 Å². The van der Waals surface area contributed by atoms with E-state index in [4.69, 9.17) is 9.83 Å². The van der Waals surface area contributed by atoms with Crippen molar-refractivity contribution in [3.63, 3.8) is 0 Å². The van der Waals surface area contributed by atoms with Gasteiger partial charge in [-0.25, -0.2) is 4.98 Å². The van der Waals surface area contributed by atoms with Gasteiger partial charge in [0.05, 0.1) is 18.6 Å². The Bertz CT molecular complexity index is 318. The lowest BCUT2D eigenvalue weighted by atomic mass is 10.4. The molecule has 0 bridgehead atoms. The minimum atomic E-state index is 0.694. The molecule has 1 saturated heterocycles. The van der Waals surface area contributed by atoms with Gasteiger partial charge in [0.2, 0.25) is 0 Å². The van der Waals surface area contributed by atoms with E-state index >= 15 is 0 Å². The molecule has 0 amide bonds. The number of rotatable bonds is 2. The average molecular weight is 179 g/mol. The molecule has 2 heterocycles. The van der Waals surface area contributed by atoms with Crippen LogP contribution in [0.4, 0.5) is 0 Å². The van der Waals surface area contributed by atoms with Crippen molar-refractivity contribution >= 4 is 5.84 Å². The van der Waals surface area contributed by atoms with Crippen LogP contribution in [0.1, 0.15) is 24.5 Å². The second-order valence-electron chi connectivity index (χ2n) is 3.32. The summed E-state index contributed by atoms with van der Waals surface area (Å²) in [5, 5.41) is 7.63. The molecule has 1 aliphatic rings. The Hall–Kier alpha value is -1.32. The summed E-state index contributed by atoms with van der Waals surface area (Å²) in [6.07, 6.45) is 3.72. The molecule has 1 N–H and O–H groups in total. The van der Waals surface area contributed by atoms with Crippen molar-refractivity contribution in [1.29, 1.82) is 5.41 Å². The van der Waals surface area contributed by atoms with Gasteiger partial charge >= 0.3 is 0 Å². The van der Waals surface area contributed by atoms with E-state index in [-0.39, 0.29) is 0 Å². The zero-order valence-electron chi connectivity index (χ0n) is 7.71. The number of amidine groups is 1. The van der Waals surface area contributed by atoms with E-state index in [0.717, 1.165) is 25.1 Å². The maximum atomic E-state index is 7.63. The number of oxazole rings is 1. The number of hydrogen-bond acceptors (Lipinski definition) is 3. The first-order valence-electron chi connectivity index (χ1n) is 4.49. The summed E-state index contributed by atoms with van der Waals surface area (Å²) in [5.74, 6) is 2.26. The minimum Gasteiger partial charge on any atom is -0.444 e. The molecule has 1 aliphatic heterocycles. The lowest BCUT2D eigenvalue weighted by molar-refractivity contribution is 0.373. The summed E-state index contributed by atoms with van der Waals surface area (Å²) in [4.78, 5) is 6.05. The molecule has 4 nitrogen and oxygen atoms in total. The quantitative estimate of drug-likeness (QED) is 0.749. The zero-order valence-corrected chi connectivity index (χ0v) is 7.71. The molecule has 0 radical (unpaired) electrons. The van der Waals surface area contributed by atoms with Gasteiger partial charge in [-0.15, -0.1) is 0 Å². The Kier molecular flexibility index (Phi) is 2.04. The summed E-state index contributed by atoms with van der Waals surface area (Å²) in [6.45, 7) is 3.50. The predicted octanol–water partition coefficient (Wildman–Crippen LogP) is 1.56.